The van der Waals surface area contributed by atoms with E-state index in [0.717, 1.165) is 11.1 Å². The third-order valence-electron chi connectivity index (χ3n) is 4.55. The summed E-state index contributed by atoms with van der Waals surface area (Å²) in [6.07, 6.45) is 2.03. The van der Waals surface area contributed by atoms with Gasteiger partial charge in [0, 0.05) is 18.4 Å². The summed E-state index contributed by atoms with van der Waals surface area (Å²) < 4.78 is 21.3. The highest BCUT2D eigenvalue weighted by Crippen LogP contribution is 2.22. The molecule has 0 unspecified atom stereocenters. The van der Waals surface area contributed by atoms with Crippen LogP contribution in [0.1, 0.15) is 23.7 Å². The zero-order valence-electron chi connectivity index (χ0n) is 16.5. The average molecular weight is 406 g/mol. The summed E-state index contributed by atoms with van der Waals surface area (Å²) in [5, 5.41) is 13.8. The van der Waals surface area contributed by atoms with Crippen LogP contribution in [0.3, 0.4) is 0 Å². The molecular formula is C21H19FN6O2. The van der Waals surface area contributed by atoms with Crippen LogP contribution < -0.4 is 5.32 Å². The zero-order chi connectivity index (χ0) is 21.1. The maximum atomic E-state index is 14.1. The van der Waals surface area contributed by atoms with Gasteiger partial charge in [-0.2, -0.15) is 4.68 Å². The zero-order valence-corrected chi connectivity index (χ0v) is 16.5. The van der Waals surface area contributed by atoms with Crippen molar-refractivity contribution in [3.05, 3.63) is 71.8 Å². The fraction of sp³-hybridized carbons (Fsp3) is 0.190. The number of carbonyl (C=O) groups excluding carboxylic acids is 1. The second kappa shape index (κ2) is 8.24. The number of tetrazole rings is 1. The van der Waals surface area contributed by atoms with Crippen LogP contribution in [0.5, 0.6) is 0 Å². The smallest absolute Gasteiger partial charge is 0.224 e. The first-order valence-corrected chi connectivity index (χ1v) is 9.36. The first kappa shape index (κ1) is 19.4. The molecule has 4 aromatic rings. The minimum absolute atomic E-state index is 0.0557. The summed E-state index contributed by atoms with van der Waals surface area (Å²) in [5.41, 5.74) is 2.67. The quantitative estimate of drug-likeness (QED) is 0.525. The largest absolute Gasteiger partial charge is 0.441 e. The molecule has 2 heterocycles. The first-order chi connectivity index (χ1) is 14.5. The molecule has 0 spiro atoms. The van der Waals surface area contributed by atoms with E-state index in [0.29, 0.717) is 29.6 Å². The van der Waals surface area contributed by atoms with E-state index in [-0.39, 0.29) is 18.0 Å². The van der Waals surface area contributed by atoms with Crippen LogP contribution in [-0.2, 0) is 11.2 Å². The molecule has 0 atom stereocenters. The number of anilines is 1. The number of hydrogen-bond acceptors (Lipinski definition) is 6. The Balaban J connectivity index is 1.40. The Kier molecular flexibility index (Phi) is 5.34. The molecule has 9 heteroatoms. The van der Waals surface area contributed by atoms with E-state index in [1.54, 1.807) is 13.1 Å². The Morgan fingerprint density at radius 2 is 1.97 bits per heavy atom. The summed E-state index contributed by atoms with van der Waals surface area (Å²) in [6, 6.07) is 12.2. The van der Waals surface area contributed by atoms with Crippen LogP contribution in [0.15, 0.2) is 53.1 Å². The van der Waals surface area contributed by atoms with Crippen molar-refractivity contribution in [1.29, 1.82) is 0 Å². The predicted octanol–water partition coefficient (Wildman–Crippen LogP) is 3.64. The third kappa shape index (κ3) is 4.24. The fourth-order valence-corrected chi connectivity index (χ4v) is 2.92. The summed E-state index contributed by atoms with van der Waals surface area (Å²) in [4.78, 5) is 16.5. The van der Waals surface area contributed by atoms with Crippen molar-refractivity contribution in [2.24, 2.45) is 0 Å². The number of amides is 1. The van der Waals surface area contributed by atoms with Crippen molar-refractivity contribution < 1.29 is 13.6 Å². The van der Waals surface area contributed by atoms with Gasteiger partial charge in [0.05, 0.1) is 17.6 Å². The lowest BCUT2D eigenvalue weighted by Crippen LogP contribution is -2.14. The van der Waals surface area contributed by atoms with Crippen molar-refractivity contribution in [3.63, 3.8) is 0 Å². The van der Waals surface area contributed by atoms with Crippen molar-refractivity contribution in [2.45, 2.75) is 26.7 Å². The Labute approximate surface area is 171 Å². The predicted molar refractivity (Wildman–Crippen MR) is 107 cm³/mol. The number of aryl methyl sites for hydroxylation is 3. The number of benzene rings is 2. The van der Waals surface area contributed by atoms with Crippen molar-refractivity contribution >= 4 is 11.6 Å². The monoisotopic (exact) mass is 406 g/mol. The molecule has 0 bridgehead atoms. The Bertz CT molecular complexity index is 1180. The summed E-state index contributed by atoms with van der Waals surface area (Å²) in [5.74, 6) is 0.734. The molecule has 0 saturated carbocycles. The van der Waals surface area contributed by atoms with Gasteiger partial charge in [0.25, 0.3) is 0 Å². The van der Waals surface area contributed by atoms with E-state index in [2.05, 4.69) is 25.8 Å². The van der Waals surface area contributed by atoms with Gasteiger partial charge < -0.3 is 9.73 Å². The lowest BCUT2D eigenvalue weighted by molar-refractivity contribution is -0.116. The second-order valence-corrected chi connectivity index (χ2v) is 6.83. The molecule has 152 valence electrons. The molecule has 30 heavy (non-hydrogen) atoms. The van der Waals surface area contributed by atoms with Crippen LogP contribution >= 0.6 is 0 Å². The fourth-order valence-electron chi connectivity index (χ4n) is 2.92. The van der Waals surface area contributed by atoms with Crippen LogP contribution in [-0.4, -0.2) is 31.1 Å². The van der Waals surface area contributed by atoms with E-state index >= 15 is 0 Å². The van der Waals surface area contributed by atoms with Gasteiger partial charge >= 0.3 is 0 Å². The van der Waals surface area contributed by atoms with Gasteiger partial charge in [-0.3, -0.25) is 4.79 Å². The van der Waals surface area contributed by atoms with Gasteiger partial charge in [0.15, 0.2) is 17.5 Å². The lowest BCUT2D eigenvalue weighted by atomic mass is 10.1. The molecule has 0 aliphatic carbocycles. The van der Waals surface area contributed by atoms with Crippen molar-refractivity contribution in [3.8, 4) is 17.0 Å². The molecule has 0 aliphatic rings. The highest BCUT2D eigenvalue weighted by Gasteiger charge is 2.13. The number of nitrogens with zero attached hydrogens (tertiary/aromatic N) is 5. The average Bonchev–Trinajstić information content (AvgIpc) is 3.38. The number of rotatable bonds is 6. The number of aromatic nitrogens is 5. The molecule has 4 rings (SSSR count). The van der Waals surface area contributed by atoms with Crippen LogP contribution in [0.25, 0.3) is 17.0 Å². The molecule has 8 nitrogen and oxygen atoms in total. The molecule has 1 amide bonds. The van der Waals surface area contributed by atoms with Crippen LogP contribution in [0, 0.1) is 19.7 Å². The van der Waals surface area contributed by atoms with E-state index in [4.69, 9.17) is 4.42 Å². The third-order valence-corrected chi connectivity index (χ3v) is 4.55. The minimum Gasteiger partial charge on any atom is -0.441 e. The maximum Gasteiger partial charge on any atom is 0.224 e. The SMILES string of the molecule is Cc1ccc(-c2cnc(CCC(=O)Nc3cc(-n4nnnc4C)ccc3F)o2)cc1. The Hall–Kier alpha value is -3.88. The van der Waals surface area contributed by atoms with Gasteiger partial charge in [0.1, 0.15) is 5.82 Å². The highest BCUT2D eigenvalue weighted by atomic mass is 19.1. The first-order valence-electron chi connectivity index (χ1n) is 9.36. The number of halogens is 1. The maximum absolute atomic E-state index is 14.1. The molecule has 0 radical (unpaired) electrons. The van der Waals surface area contributed by atoms with E-state index in [1.807, 2.05) is 31.2 Å². The number of carbonyl (C=O) groups is 1. The van der Waals surface area contributed by atoms with Crippen LogP contribution in [0.2, 0.25) is 0 Å². The molecular weight excluding hydrogens is 387 g/mol. The summed E-state index contributed by atoms with van der Waals surface area (Å²) >= 11 is 0. The van der Waals surface area contributed by atoms with Gasteiger partial charge in [0.2, 0.25) is 5.91 Å². The molecule has 2 aromatic carbocycles. The second-order valence-electron chi connectivity index (χ2n) is 6.83. The number of hydrogen-bond donors (Lipinski definition) is 1. The Morgan fingerprint density at radius 3 is 2.70 bits per heavy atom. The number of oxazole rings is 1. The van der Waals surface area contributed by atoms with Crippen molar-refractivity contribution in [2.75, 3.05) is 5.32 Å². The van der Waals surface area contributed by atoms with E-state index in [9.17, 15) is 9.18 Å². The molecule has 1 N–H and O–H groups in total. The summed E-state index contributed by atoms with van der Waals surface area (Å²) in [7, 11) is 0. The lowest BCUT2D eigenvalue weighted by Gasteiger charge is -2.08. The van der Waals surface area contributed by atoms with Crippen LogP contribution in [0.4, 0.5) is 10.1 Å². The number of nitrogens with one attached hydrogen (secondary N) is 1. The van der Waals surface area contributed by atoms with Crippen molar-refractivity contribution in [1.82, 2.24) is 25.2 Å². The topological polar surface area (TPSA) is 98.7 Å². The molecule has 2 aromatic heterocycles. The standard InChI is InChI=1S/C21H19FN6O2/c1-13-3-5-15(6-4-13)19-12-23-21(30-19)10-9-20(29)24-18-11-16(7-8-17(18)22)28-14(2)25-26-27-28/h3-8,11-12H,9-10H2,1-2H3,(H,24,29). The molecule has 0 fully saturated rings. The Morgan fingerprint density at radius 1 is 1.17 bits per heavy atom. The van der Waals surface area contributed by atoms with E-state index < -0.39 is 5.82 Å². The highest BCUT2D eigenvalue weighted by molar-refractivity contribution is 5.91. The van der Waals surface area contributed by atoms with Gasteiger partial charge in [-0.05, 0) is 42.5 Å². The van der Waals surface area contributed by atoms with Gasteiger partial charge in [-0.25, -0.2) is 9.37 Å². The van der Waals surface area contributed by atoms with Gasteiger partial charge in [-0.15, -0.1) is 5.10 Å². The summed E-state index contributed by atoms with van der Waals surface area (Å²) in [6.45, 7) is 3.74. The normalized spacial score (nSPS) is 10.9. The molecule has 0 saturated heterocycles. The van der Waals surface area contributed by atoms with Gasteiger partial charge in [-0.1, -0.05) is 29.8 Å². The van der Waals surface area contributed by atoms with E-state index in [1.165, 1.54) is 22.9 Å². The molecule has 0 aliphatic heterocycles. The minimum atomic E-state index is -0.546.